The molecule has 2 fully saturated rings. The van der Waals surface area contributed by atoms with E-state index in [0.717, 1.165) is 44.7 Å². The molecule has 0 unspecified atom stereocenters. The minimum atomic E-state index is 0.117. The van der Waals surface area contributed by atoms with Gasteiger partial charge in [-0.25, -0.2) is 4.79 Å². The van der Waals surface area contributed by atoms with Crippen LogP contribution in [0.4, 0.5) is 4.79 Å². The van der Waals surface area contributed by atoms with Crippen LogP contribution >= 0.6 is 0 Å². The fraction of sp³-hybridized carbons (Fsp3) is 0.917. The molecule has 0 aromatic carbocycles. The van der Waals surface area contributed by atoms with E-state index < -0.39 is 0 Å². The summed E-state index contributed by atoms with van der Waals surface area (Å²) >= 11 is 0. The van der Waals surface area contributed by atoms with Gasteiger partial charge in [0.05, 0.1) is 6.10 Å². The van der Waals surface area contributed by atoms with E-state index in [-0.39, 0.29) is 6.03 Å². The minimum absolute atomic E-state index is 0.117. The number of rotatable bonds is 2. The summed E-state index contributed by atoms with van der Waals surface area (Å²) in [6, 6.07) is 0.447. The van der Waals surface area contributed by atoms with Gasteiger partial charge in [-0.1, -0.05) is 6.92 Å². The summed E-state index contributed by atoms with van der Waals surface area (Å²) in [6.07, 6.45) is 4.56. The number of hydrogen-bond donors (Lipinski definition) is 1. The highest BCUT2D eigenvalue weighted by atomic mass is 16.5. The quantitative estimate of drug-likeness (QED) is 0.777. The van der Waals surface area contributed by atoms with Crippen molar-refractivity contribution in [2.24, 2.45) is 5.92 Å². The first-order valence-corrected chi connectivity index (χ1v) is 6.27. The molecule has 0 radical (unpaired) electrons. The van der Waals surface area contributed by atoms with Crippen LogP contribution in [0.2, 0.25) is 0 Å². The Bertz CT molecular complexity index is 243. The van der Waals surface area contributed by atoms with E-state index in [4.69, 9.17) is 4.74 Å². The third-order valence-corrected chi connectivity index (χ3v) is 3.83. The highest BCUT2D eigenvalue weighted by Crippen LogP contribution is 2.23. The maximum absolute atomic E-state index is 11.9. The second-order valence-electron chi connectivity index (χ2n) is 5.15. The number of urea groups is 1. The summed E-state index contributed by atoms with van der Waals surface area (Å²) in [7, 11) is 1.73. The normalized spacial score (nSPS) is 31.0. The van der Waals surface area contributed by atoms with Crippen molar-refractivity contribution in [3.05, 3.63) is 0 Å². The van der Waals surface area contributed by atoms with Crippen LogP contribution in [0.25, 0.3) is 0 Å². The largest absolute Gasteiger partial charge is 0.381 e. The van der Waals surface area contributed by atoms with Gasteiger partial charge in [-0.3, -0.25) is 0 Å². The fourth-order valence-electron chi connectivity index (χ4n) is 2.35. The van der Waals surface area contributed by atoms with Crippen LogP contribution < -0.4 is 5.32 Å². The Morgan fingerprint density at radius 1 is 1.31 bits per heavy atom. The molecule has 1 N–H and O–H groups in total. The van der Waals surface area contributed by atoms with E-state index in [9.17, 15) is 4.79 Å². The molecular formula is C12H22N2O2. The van der Waals surface area contributed by atoms with Crippen LogP contribution in [-0.4, -0.2) is 43.3 Å². The molecule has 1 saturated carbocycles. The Kier molecular flexibility index (Phi) is 3.69. The number of nitrogens with one attached hydrogen (secondary N) is 1. The molecule has 2 rings (SSSR count). The highest BCUT2D eigenvalue weighted by Gasteiger charge is 2.31. The van der Waals surface area contributed by atoms with Gasteiger partial charge in [0.1, 0.15) is 0 Å². The van der Waals surface area contributed by atoms with Crippen LogP contribution in [0.3, 0.4) is 0 Å². The number of ether oxygens (including phenoxy) is 1. The van der Waals surface area contributed by atoms with Crippen LogP contribution in [-0.2, 0) is 4.74 Å². The second-order valence-corrected chi connectivity index (χ2v) is 5.15. The van der Waals surface area contributed by atoms with Crippen molar-refractivity contribution >= 4 is 6.03 Å². The summed E-state index contributed by atoms with van der Waals surface area (Å²) in [6.45, 7) is 4.07. The lowest BCUT2D eigenvalue weighted by atomic mass is 9.89. The zero-order valence-electron chi connectivity index (χ0n) is 10.2. The lowest BCUT2D eigenvalue weighted by molar-refractivity contribution is 0.0187. The van der Waals surface area contributed by atoms with Crippen LogP contribution in [0.15, 0.2) is 0 Å². The molecule has 4 heteroatoms. The molecule has 16 heavy (non-hydrogen) atoms. The van der Waals surface area contributed by atoms with Gasteiger partial charge in [0, 0.05) is 26.2 Å². The van der Waals surface area contributed by atoms with Gasteiger partial charge < -0.3 is 15.0 Å². The second kappa shape index (κ2) is 5.04. The van der Waals surface area contributed by atoms with Gasteiger partial charge in [0.2, 0.25) is 0 Å². The van der Waals surface area contributed by atoms with Crippen LogP contribution in [0.5, 0.6) is 0 Å². The van der Waals surface area contributed by atoms with Crippen molar-refractivity contribution in [2.45, 2.75) is 44.8 Å². The lowest BCUT2D eigenvalue weighted by Crippen LogP contribution is -2.53. The molecule has 1 aliphatic carbocycles. The standard InChI is InChI=1S/C12H22N2O2/c1-9-3-5-14(6-4-9)12(15)13-10-7-11(8-10)16-2/h9-11H,3-8H2,1-2H3,(H,13,15). The topological polar surface area (TPSA) is 41.6 Å². The Balaban J connectivity index is 1.68. The van der Waals surface area contributed by atoms with Gasteiger partial charge in [-0.05, 0) is 31.6 Å². The molecule has 0 aromatic rings. The number of carbonyl (C=O) groups is 1. The average Bonchev–Trinajstić information content (AvgIpc) is 2.23. The van der Waals surface area contributed by atoms with Crippen molar-refractivity contribution < 1.29 is 9.53 Å². The van der Waals surface area contributed by atoms with Crippen LogP contribution in [0.1, 0.15) is 32.6 Å². The monoisotopic (exact) mass is 226 g/mol. The predicted molar refractivity (Wildman–Crippen MR) is 62.3 cm³/mol. The first-order valence-electron chi connectivity index (χ1n) is 6.27. The van der Waals surface area contributed by atoms with Crippen molar-refractivity contribution in [3.8, 4) is 0 Å². The maximum Gasteiger partial charge on any atom is 0.317 e. The molecule has 0 bridgehead atoms. The van der Waals surface area contributed by atoms with Gasteiger partial charge >= 0.3 is 6.03 Å². The molecule has 1 aliphatic heterocycles. The summed E-state index contributed by atoms with van der Waals surface area (Å²) in [4.78, 5) is 13.8. The Hall–Kier alpha value is -0.770. The number of amides is 2. The van der Waals surface area contributed by atoms with Crippen LogP contribution in [0, 0.1) is 5.92 Å². The number of piperidine rings is 1. The van der Waals surface area contributed by atoms with E-state index in [1.807, 2.05) is 4.90 Å². The molecule has 92 valence electrons. The summed E-state index contributed by atoms with van der Waals surface area (Å²) in [5, 5.41) is 3.07. The van der Waals surface area contributed by atoms with Crippen molar-refractivity contribution in [1.82, 2.24) is 10.2 Å². The summed E-state index contributed by atoms with van der Waals surface area (Å²) in [5.41, 5.74) is 0. The van der Waals surface area contributed by atoms with E-state index in [1.165, 1.54) is 0 Å². The molecule has 4 nitrogen and oxygen atoms in total. The molecule has 1 saturated heterocycles. The van der Waals surface area contributed by atoms with E-state index in [2.05, 4.69) is 12.2 Å². The molecule has 2 amide bonds. The molecule has 2 aliphatic rings. The van der Waals surface area contributed by atoms with Gasteiger partial charge in [-0.15, -0.1) is 0 Å². The van der Waals surface area contributed by atoms with E-state index in [0.29, 0.717) is 12.1 Å². The Morgan fingerprint density at radius 2 is 1.94 bits per heavy atom. The van der Waals surface area contributed by atoms with Crippen molar-refractivity contribution in [3.63, 3.8) is 0 Å². The zero-order chi connectivity index (χ0) is 11.5. The third kappa shape index (κ3) is 2.67. The molecule has 0 atom stereocenters. The van der Waals surface area contributed by atoms with E-state index >= 15 is 0 Å². The SMILES string of the molecule is COC1CC(NC(=O)N2CCC(C)CC2)C1. The molecule has 1 heterocycles. The number of hydrogen-bond acceptors (Lipinski definition) is 2. The van der Waals surface area contributed by atoms with Gasteiger partial charge in [0.15, 0.2) is 0 Å². The third-order valence-electron chi connectivity index (χ3n) is 3.83. The Labute approximate surface area is 97.3 Å². The minimum Gasteiger partial charge on any atom is -0.381 e. The maximum atomic E-state index is 11.9. The smallest absolute Gasteiger partial charge is 0.317 e. The molecule has 0 spiro atoms. The predicted octanol–water partition coefficient (Wildman–Crippen LogP) is 1.61. The summed E-state index contributed by atoms with van der Waals surface area (Å²) < 4.78 is 5.19. The Morgan fingerprint density at radius 3 is 2.50 bits per heavy atom. The lowest BCUT2D eigenvalue weighted by Gasteiger charge is -2.37. The first-order chi connectivity index (χ1) is 7.69. The average molecular weight is 226 g/mol. The highest BCUT2D eigenvalue weighted by molar-refractivity contribution is 5.74. The fourth-order valence-corrected chi connectivity index (χ4v) is 2.35. The molecule has 0 aromatic heterocycles. The number of likely N-dealkylation sites (tertiary alicyclic amines) is 1. The van der Waals surface area contributed by atoms with Crippen molar-refractivity contribution in [1.29, 1.82) is 0 Å². The first kappa shape index (κ1) is 11.7. The van der Waals surface area contributed by atoms with Crippen molar-refractivity contribution in [2.75, 3.05) is 20.2 Å². The number of carbonyl (C=O) groups excluding carboxylic acids is 1. The number of nitrogens with zero attached hydrogens (tertiary/aromatic N) is 1. The van der Waals surface area contributed by atoms with Gasteiger partial charge in [0.25, 0.3) is 0 Å². The van der Waals surface area contributed by atoms with Gasteiger partial charge in [-0.2, -0.15) is 0 Å². The van der Waals surface area contributed by atoms with E-state index in [1.54, 1.807) is 7.11 Å². The number of methoxy groups -OCH3 is 1. The zero-order valence-corrected chi connectivity index (χ0v) is 10.2. The molecular weight excluding hydrogens is 204 g/mol. The summed E-state index contributed by atoms with van der Waals surface area (Å²) in [5.74, 6) is 0.769.